The van der Waals surface area contributed by atoms with E-state index in [0.717, 1.165) is 24.0 Å². The Morgan fingerprint density at radius 1 is 1.06 bits per heavy atom. The minimum Gasteiger partial charge on any atom is -0.370 e. The first-order chi connectivity index (χ1) is 15.4. The summed E-state index contributed by atoms with van der Waals surface area (Å²) in [7, 11) is 2.05. The Hall–Kier alpha value is -3.04. The first kappa shape index (κ1) is 22.2. The predicted octanol–water partition coefficient (Wildman–Crippen LogP) is 0.788. The SMILES string of the molecule is CN1CCN(C(=O)c2cc(C3CN(C(=O)CCC(N)=O)CCO3)nc3ccccc23)CC1. The van der Waals surface area contributed by atoms with Gasteiger partial charge < -0.3 is 25.2 Å². The summed E-state index contributed by atoms with van der Waals surface area (Å²) in [6.45, 7) is 4.20. The zero-order valence-corrected chi connectivity index (χ0v) is 18.3. The van der Waals surface area contributed by atoms with Crippen LogP contribution in [0.1, 0.15) is 35.0 Å². The number of primary amides is 1. The van der Waals surface area contributed by atoms with E-state index in [1.807, 2.05) is 35.2 Å². The number of carbonyl (C=O) groups is 3. The number of carbonyl (C=O) groups excluding carboxylic acids is 3. The predicted molar refractivity (Wildman–Crippen MR) is 119 cm³/mol. The molecule has 1 unspecified atom stereocenters. The Morgan fingerprint density at radius 3 is 2.56 bits per heavy atom. The number of pyridine rings is 1. The second kappa shape index (κ2) is 9.62. The number of nitrogens with zero attached hydrogens (tertiary/aromatic N) is 4. The number of morpholine rings is 1. The molecule has 3 amide bonds. The van der Waals surface area contributed by atoms with Crippen LogP contribution >= 0.6 is 0 Å². The molecule has 0 aliphatic carbocycles. The summed E-state index contributed by atoms with van der Waals surface area (Å²) in [5.74, 6) is -0.638. The van der Waals surface area contributed by atoms with Crippen molar-refractivity contribution in [3.63, 3.8) is 0 Å². The van der Waals surface area contributed by atoms with Crippen molar-refractivity contribution in [3.8, 4) is 0 Å². The highest BCUT2D eigenvalue weighted by Gasteiger charge is 2.29. The standard InChI is InChI=1S/C23H29N5O4/c1-26-8-10-27(11-9-26)23(31)17-14-19(25-18-5-3-2-4-16(17)18)20-15-28(12-13-32-20)22(30)7-6-21(24)29/h2-5,14,20H,6-13,15H2,1H3,(H2,24,29). The van der Waals surface area contributed by atoms with Gasteiger partial charge in [-0.25, -0.2) is 4.98 Å². The summed E-state index contributed by atoms with van der Waals surface area (Å²) in [5, 5.41) is 0.811. The molecule has 0 saturated carbocycles. The van der Waals surface area contributed by atoms with Crippen LogP contribution in [-0.2, 0) is 14.3 Å². The van der Waals surface area contributed by atoms with Gasteiger partial charge in [0.15, 0.2) is 0 Å². The summed E-state index contributed by atoms with van der Waals surface area (Å²) < 4.78 is 5.93. The van der Waals surface area contributed by atoms with Crippen LogP contribution in [0.4, 0.5) is 0 Å². The number of ether oxygens (including phenoxy) is 1. The van der Waals surface area contributed by atoms with E-state index in [4.69, 9.17) is 15.5 Å². The van der Waals surface area contributed by atoms with Gasteiger partial charge in [-0.3, -0.25) is 14.4 Å². The molecule has 9 nitrogen and oxygen atoms in total. The molecule has 2 N–H and O–H groups in total. The lowest BCUT2D eigenvalue weighted by Gasteiger charge is -2.34. The highest BCUT2D eigenvalue weighted by atomic mass is 16.5. The third kappa shape index (κ3) is 4.89. The number of likely N-dealkylation sites (N-methyl/N-ethyl adjacent to an activating group) is 1. The second-order valence-electron chi connectivity index (χ2n) is 8.37. The van der Waals surface area contributed by atoms with Crippen LogP contribution < -0.4 is 5.73 Å². The van der Waals surface area contributed by atoms with Crippen molar-refractivity contribution in [3.05, 3.63) is 41.6 Å². The Kier molecular flexibility index (Phi) is 6.66. The van der Waals surface area contributed by atoms with E-state index < -0.39 is 12.0 Å². The number of benzene rings is 1. The average molecular weight is 440 g/mol. The quantitative estimate of drug-likeness (QED) is 0.738. The fourth-order valence-corrected chi connectivity index (χ4v) is 4.16. The Bertz CT molecular complexity index is 1020. The molecule has 1 aromatic heterocycles. The van der Waals surface area contributed by atoms with Gasteiger partial charge in [-0.15, -0.1) is 0 Å². The van der Waals surface area contributed by atoms with E-state index in [-0.39, 0.29) is 24.7 Å². The molecule has 32 heavy (non-hydrogen) atoms. The van der Waals surface area contributed by atoms with Crippen LogP contribution in [0.25, 0.3) is 10.9 Å². The molecule has 1 aromatic carbocycles. The Balaban J connectivity index is 1.59. The molecule has 1 atom stereocenters. The zero-order valence-electron chi connectivity index (χ0n) is 18.3. The number of amides is 3. The van der Waals surface area contributed by atoms with E-state index in [9.17, 15) is 14.4 Å². The van der Waals surface area contributed by atoms with Crippen molar-refractivity contribution in [2.75, 3.05) is 52.9 Å². The summed E-state index contributed by atoms with van der Waals surface area (Å²) >= 11 is 0. The maximum absolute atomic E-state index is 13.4. The number of hydrogen-bond donors (Lipinski definition) is 1. The molecular formula is C23H29N5O4. The minimum atomic E-state index is -0.494. The van der Waals surface area contributed by atoms with Crippen molar-refractivity contribution in [1.29, 1.82) is 0 Å². The van der Waals surface area contributed by atoms with Crippen molar-refractivity contribution in [2.24, 2.45) is 5.73 Å². The van der Waals surface area contributed by atoms with Crippen molar-refractivity contribution in [1.82, 2.24) is 19.7 Å². The second-order valence-corrected chi connectivity index (χ2v) is 8.37. The van der Waals surface area contributed by atoms with Gasteiger partial charge in [-0.2, -0.15) is 0 Å². The monoisotopic (exact) mass is 439 g/mol. The molecule has 2 aliphatic heterocycles. The highest BCUT2D eigenvalue weighted by Crippen LogP contribution is 2.27. The molecule has 2 aliphatic rings. The molecule has 2 aromatic rings. The lowest BCUT2D eigenvalue weighted by atomic mass is 10.0. The van der Waals surface area contributed by atoms with Crippen molar-refractivity contribution < 1.29 is 19.1 Å². The first-order valence-corrected chi connectivity index (χ1v) is 11.0. The molecule has 170 valence electrons. The van der Waals surface area contributed by atoms with Gasteiger partial charge in [0.05, 0.1) is 29.9 Å². The fraction of sp³-hybridized carbons (Fsp3) is 0.478. The maximum atomic E-state index is 13.4. The number of hydrogen-bond acceptors (Lipinski definition) is 6. The van der Waals surface area contributed by atoms with Crippen LogP contribution in [0, 0.1) is 0 Å². The van der Waals surface area contributed by atoms with Gasteiger partial charge in [-0.05, 0) is 19.2 Å². The van der Waals surface area contributed by atoms with E-state index in [1.54, 1.807) is 4.90 Å². The lowest BCUT2D eigenvalue weighted by Crippen LogP contribution is -2.47. The Morgan fingerprint density at radius 2 is 1.81 bits per heavy atom. The van der Waals surface area contributed by atoms with E-state index in [0.29, 0.717) is 44.0 Å². The topological polar surface area (TPSA) is 109 Å². The smallest absolute Gasteiger partial charge is 0.254 e. The van der Waals surface area contributed by atoms with Crippen LogP contribution in [0.5, 0.6) is 0 Å². The largest absolute Gasteiger partial charge is 0.370 e. The molecule has 0 spiro atoms. The molecule has 0 radical (unpaired) electrons. The molecule has 3 heterocycles. The maximum Gasteiger partial charge on any atom is 0.254 e. The molecule has 9 heteroatoms. The van der Waals surface area contributed by atoms with Crippen LogP contribution in [0.2, 0.25) is 0 Å². The minimum absolute atomic E-state index is 0.0110. The number of para-hydroxylation sites is 1. The number of rotatable bonds is 5. The van der Waals surface area contributed by atoms with Crippen molar-refractivity contribution in [2.45, 2.75) is 18.9 Å². The van der Waals surface area contributed by atoms with Crippen LogP contribution in [0.3, 0.4) is 0 Å². The zero-order chi connectivity index (χ0) is 22.7. The number of nitrogens with two attached hydrogens (primary N) is 1. The molecule has 2 fully saturated rings. The Labute approximate surface area is 187 Å². The van der Waals surface area contributed by atoms with Crippen molar-refractivity contribution >= 4 is 28.6 Å². The molecular weight excluding hydrogens is 410 g/mol. The fourth-order valence-electron chi connectivity index (χ4n) is 4.16. The summed E-state index contributed by atoms with van der Waals surface area (Å²) in [6, 6.07) is 9.41. The first-order valence-electron chi connectivity index (χ1n) is 11.0. The highest BCUT2D eigenvalue weighted by molar-refractivity contribution is 6.06. The van der Waals surface area contributed by atoms with Gasteiger partial charge in [-0.1, -0.05) is 18.2 Å². The number of aromatic nitrogens is 1. The third-order valence-electron chi connectivity index (χ3n) is 6.09. The molecule has 0 bridgehead atoms. The molecule has 2 saturated heterocycles. The number of piperazine rings is 1. The van der Waals surface area contributed by atoms with E-state index >= 15 is 0 Å². The summed E-state index contributed by atoms with van der Waals surface area (Å²) in [4.78, 5) is 47.4. The van der Waals surface area contributed by atoms with Gasteiger partial charge in [0, 0.05) is 51.0 Å². The van der Waals surface area contributed by atoms with Gasteiger partial charge in [0.2, 0.25) is 11.8 Å². The van der Waals surface area contributed by atoms with Crippen LogP contribution in [0.15, 0.2) is 30.3 Å². The van der Waals surface area contributed by atoms with Gasteiger partial charge in [0.1, 0.15) is 6.10 Å². The lowest BCUT2D eigenvalue weighted by molar-refractivity contribution is -0.140. The molecule has 4 rings (SSSR count). The van der Waals surface area contributed by atoms with E-state index in [2.05, 4.69) is 11.9 Å². The summed E-state index contributed by atoms with van der Waals surface area (Å²) in [5.41, 5.74) is 7.14. The van der Waals surface area contributed by atoms with Gasteiger partial charge in [0.25, 0.3) is 5.91 Å². The summed E-state index contributed by atoms with van der Waals surface area (Å²) in [6.07, 6.45) is -0.330. The van der Waals surface area contributed by atoms with E-state index in [1.165, 1.54) is 0 Å². The average Bonchev–Trinajstić information content (AvgIpc) is 2.82. The van der Waals surface area contributed by atoms with Gasteiger partial charge >= 0.3 is 0 Å². The third-order valence-corrected chi connectivity index (χ3v) is 6.09. The van der Waals surface area contributed by atoms with Crippen LogP contribution in [-0.4, -0.2) is 90.3 Å². The number of fused-ring (bicyclic) bond motifs is 1. The normalized spacial score (nSPS) is 19.8.